The van der Waals surface area contributed by atoms with Crippen molar-refractivity contribution in [2.75, 3.05) is 0 Å². The molecular formula is C23H19FN2O5. The number of H-pyrrole nitrogens is 1. The van der Waals surface area contributed by atoms with Gasteiger partial charge in [0, 0.05) is 18.4 Å². The number of hydrogen-bond donors (Lipinski definition) is 2. The Balaban J connectivity index is 1.92. The fraction of sp³-hybridized carbons (Fsp3) is 0.217. The molecule has 2 aromatic carbocycles. The van der Waals surface area contributed by atoms with Crippen LogP contribution in [-0.4, -0.2) is 26.2 Å². The highest BCUT2D eigenvalue weighted by Gasteiger charge is 2.37. The lowest BCUT2D eigenvalue weighted by molar-refractivity contribution is -0.127. The van der Waals surface area contributed by atoms with E-state index in [1.54, 1.807) is 13.8 Å². The van der Waals surface area contributed by atoms with Crippen LogP contribution in [0, 0.1) is 11.2 Å². The Hall–Kier alpha value is -3.81. The molecule has 0 aliphatic heterocycles. The number of para-hydroxylation sites is 1. The molecule has 158 valence electrons. The Labute approximate surface area is 175 Å². The van der Waals surface area contributed by atoms with Gasteiger partial charge in [0.05, 0.1) is 16.6 Å². The standard InChI is InChI=1S/C23H19FN2O5/c1-23(2)10-17(27)19(18(28)11-23)20(29)12-7-8-15-13(9-12)21(30)26(22(31)25-15)16-6-4-3-5-14(16)24/h3-9,29H,10-11H2,1-2H3,(H,25,31). The zero-order chi connectivity index (χ0) is 22.5. The highest BCUT2D eigenvalue weighted by molar-refractivity contribution is 6.26. The average Bonchev–Trinajstić information content (AvgIpc) is 2.67. The van der Waals surface area contributed by atoms with Gasteiger partial charge in [0.2, 0.25) is 0 Å². The van der Waals surface area contributed by atoms with Crippen molar-refractivity contribution in [3.63, 3.8) is 0 Å². The van der Waals surface area contributed by atoms with Crippen molar-refractivity contribution in [1.29, 1.82) is 0 Å². The second-order valence-corrected chi connectivity index (χ2v) is 8.37. The number of allylic oxidation sites excluding steroid dienone is 1. The number of hydrogen-bond acceptors (Lipinski definition) is 5. The topological polar surface area (TPSA) is 109 Å². The molecule has 3 aromatic rings. The molecule has 0 radical (unpaired) electrons. The summed E-state index contributed by atoms with van der Waals surface area (Å²) < 4.78 is 14.9. The Morgan fingerprint density at radius 1 is 1.03 bits per heavy atom. The predicted octanol–water partition coefficient (Wildman–Crippen LogP) is 3.05. The number of nitrogens with zero attached hydrogens (tertiary/aromatic N) is 1. The summed E-state index contributed by atoms with van der Waals surface area (Å²) in [6.07, 6.45) is 0.220. The molecule has 2 N–H and O–H groups in total. The maximum absolute atomic E-state index is 14.2. The number of benzene rings is 2. The van der Waals surface area contributed by atoms with Crippen molar-refractivity contribution >= 4 is 28.2 Å². The number of aliphatic hydroxyl groups excluding tert-OH is 1. The monoisotopic (exact) mass is 422 g/mol. The summed E-state index contributed by atoms with van der Waals surface area (Å²) in [6.45, 7) is 3.60. The van der Waals surface area contributed by atoms with E-state index < -0.39 is 39.8 Å². The molecule has 0 spiro atoms. The molecule has 1 aromatic heterocycles. The summed E-state index contributed by atoms with van der Waals surface area (Å²) >= 11 is 0. The van der Waals surface area contributed by atoms with Crippen molar-refractivity contribution in [2.24, 2.45) is 5.41 Å². The molecule has 8 heteroatoms. The highest BCUT2D eigenvalue weighted by Crippen LogP contribution is 2.36. The molecule has 0 bridgehead atoms. The van der Waals surface area contributed by atoms with Crippen molar-refractivity contribution < 1.29 is 19.1 Å². The van der Waals surface area contributed by atoms with E-state index >= 15 is 0 Å². The lowest BCUT2D eigenvalue weighted by atomic mass is 9.73. The number of nitrogens with one attached hydrogen (secondary N) is 1. The summed E-state index contributed by atoms with van der Waals surface area (Å²) in [6, 6.07) is 9.39. The smallest absolute Gasteiger partial charge is 0.333 e. The maximum Gasteiger partial charge on any atom is 0.333 e. The number of carbonyl (C=O) groups excluding carboxylic acids is 2. The lowest BCUT2D eigenvalue weighted by Gasteiger charge is -2.28. The summed E-state index contributed by atoms with van der Waals surface area (Å²) in [5.41, 5.74) is -2.38. The van der Waals surface area contributed by atoms with Gasteiger partial charge in [-0.05, 0) is 35.7 Å². The van der Waals surface area contributed by atoms with E-state index in [2.05, 4.69) is 4.98 Å². The normalized spacial score (nSPS) is 16.0. The summed E-state index contributed by atoms with van der Waals surface area (Å²) in [5.74, 6) is -2.21. The zero-order valence-electron chi connectivity index (χ0n) is 16.9. The molecule has 7 nitrogen and oxygen atoms in total. The number of halogens is 1. The Bertz CT molecular complexity index is 1390. The van der Waals surface area contributed by atoms with Crippen LogP contribution in [-0.2, 0) is 9.59 Å². The molecule has 0 saturated heterocycles. The van der Waals surface area contributed by atoms with Gasteiger partial charge >= 0.3 is 5.69 Å². The average molecular weight is 422 g/mol. The second-order valence-electron chi connectivity index (χ2n) is 8.37. The van der Waals surface area contributed by atoms with Gasteiger partial charge in [0.1, 0.15) is 17.1 Å². The number of aromatic amines is 1. The van der Waals surface area contributed by atoms with Gasteiger partial charge in [-0.3, -0.25) is 14.4 Å². The minimum atomic E-state index is -0.821. The Morgan fingerprint density at radius 2 is 1.68 bits per heavy atom. The first-order valence-corrected chi connectivity index (χ1v) is 9.63. The number of fused-ring (bicyclic) bond motifs is 1. The van der Waals surface area contributed by atoms with Gasteiger partial charge in [-0.15, -0.1) is 0 Å². The van der Waals surface area contributed by atoms with Crippen molar-refractivity contribution in [3.8, 4) is 5.69 Å². The van der Waals surface area contributed by atoms with Gasteiger partial charge < -0.3 is 10.1 Å². The van der Waals surface area contributed by atoms with Crippen molar-refractivity contribution in [1.82, 2.24) is 9.55 Å². The van der Waals surface area contributed by atoms with Crippen LogP contribution >= 0.6 is 0 Å². The minimum Gasteiger partial charge on any atom is -0.506 e. The van der Waals surface area contributed by atoms with E-state index in [9.17, 15) is 28.7 Å². The largest absolute Gasteiger partial charge is 0.506 e. The summed E-state index contributed by atoms with van der Waals surface area (Å²) in [5, 5.41) is 10.7. The third kappa shape index (κ3) is 3.50. The summed E-state index contributed by atoms with van der Waals surface area (Å²) in [7, 11) is 0. The van der Waals surface area contributed by atoms with Gasteiger partial charge in [-0.1, -0.05) is 26.0 Å². The SMILES string of the molecule is CC1(C)CC(=O)C(=C(O)c2ccc3[nH]c(=O)n(-c4ccccc4F)c(=O)c3c2)C(=O)C1. The van der Waals surface area contributed by atoms with Crippen LogP contribution in [0.1, 0.15) is 32.3 Å². The first kappa shape index (κ1) is 20.5. The second kappa shape index (κ2) is 7.16. The third-order valence-electron chi connectivity index (χ3n) is 5.34. The van der Waals surface area contributed by atoms with Gasteiger partial charge in [0.25, 0.3) is 5.56 Å². The number of rotatable bonds is 2. The van der Waals surface area contributed by atoms with Crippen LogP contribution in [0.4, 0.5) is 4.39 Å². The third-order valence-corrected chi connectivity index (χ3v) is 5.34. The molecule has 1 aliphatic carbocycles. The molecule has 1 fully saturated rings. The molecule has 1 heterocycles. The van der Waals surface area contributed by atoms with Crippen molar-refractivity contribution in [2.45, 2.75) is 26.7 Å². The molecule has 4 rings (SSSR count). The number of aromatic nitrogens is 2. The molecule has 31 heavy (non-hydrogen) atoms. The van der Waals surface area contributed by atoms with Crippen LogP contribution in [0.15, 0.2) is 57.6 Å². The van der Waals surface area contributed by atoms with Gasteiger partial charge in [-0.2, -0.15) is 0 Å². The van der Waals surface area contributed by atoms with Crippen LogP contribution in [0.3, 0.4) is 0 Å². The Kier molecular flexibility index (Phi) is 4.72. The first-order chi connectivity index (χ1) is 14.6. The van der Waals surface area contributed by atoms with E-state index in [1.165, 1.54) is 36.4 Å². The van der Waals surface area contributed by atoms with Crippen LogP contribution in [0.2, 0.25) is 0 Å². The Morgan fingerprint density at radius 3 is 2.32 bits per heavy atom. The molecule has 0 atom stereocenters. The van der Waals surface area contributed by atoms with Crippen LogP contribution in [0.5, 0.6) is 0 Å². The van der Waals surface area contributed by atoms with E-state index in [1.807, 2.05) is 0 Å². The van der Waals surface area contributed by atoms with E-state index in [-0.39, 0.29) is 40.6 Å². The van der Waals surface area contributed by atoms with Gasteiger partial charge in [-0.25, -0.2) is 13.8 Å². The van der Waals surface area contributed by atoms with E-state index in [0.717, 1.165) is 6.07 Å². The number of ketones is 2. The fourth-order valence-electron chi connectivity index (χ4n) is 3.89. The molecule has 0 amide bonds. The zero-order valence-corrected chi connectivity index (χ0v) is 16.9. The quantitative estimate of drug-likeness (QED) is 0.375. The predicted molar refractivity (Wildman–Crippen MR) is 113 cm³/mol. The number of carbonyl (C=O) groups is 2. The van der Waals surface area contributed by atoms with Crippen LogP contribution in [0.25, 0.3) is 22.3 Å². The van der Waals surface area contributed by atoms with Crippen LogP contribution < -0.4 is 11.2 Å². The lowest BCUT2D eigenvalue weighted by Crippen LogP contribution is -2.34. The molecular weight excluding hydrogens is 403 g/mol. The maximum atomic E-state index is 14.2. The highest BCUT2D eigenvalue weighted by atomic mass is 19.1. The molecule has 0 unspecified atom stereocenters. The van der Waals surface area contributed by atoms with E-state index in [4.69, 9.17) is 0 Å². The first-order valence-electron chi connectivity index (χ1n) is 9.63. The number of Topliss-reactive ketones (excluding diaryl/α,β-unsaturated/α-hetero) is 2. The minimum absolute atomic E-state index is 0.0106. The summed E-state index contributed by atoms with van der Waals surface area (Å²) in [4.78, 5) is 52.9. The fourth-order valence-corrected chi connectivity index (χ4v) is 3.89. The molecule has 1 saturated carbocycles. The van der Waals surface area contributed by atoms with E-state index in [0.29, 0.717) is 4.57 Å². The number of aliphatic hydroxyl groups is 1. The molecule has 1 aliphatic rings. The van der Waals surface area contributed by atoms with Crippen molar-refractivity contribution in [3.05, 3.63) is 80.3 Å². The van der Waals surface area contributed by atoms with Gasteiger partial charge in [0.15, 0.2) is 11.6 Å².